The standard InChI is InChI=1S/C24H31FN2O3/c1-5-20(26-23(28)6-2)24-19-14-22(30-4)21(29-3)13-17(19)11-12-27(24)15-16-7-9-18(25)10-8-16/h7-10,13-14,20,24H,5-6,11-12,15H2,1-4H3,(H,26,28). The van der Waals surface area contributed by atoms with E-state index in [1.165, 1.54) is 17.7 Å². The highest BCUT2D eigenvalue weighted by molar-refractivity contribution is 5.76. The van der Waals surface area contributed by atoms with Gasteiger partial charge in [-0.1, -0.05) is 26.0 Å². The van der Waals surface area contributed by atoms with Crippen molar-refractivity contribution in [1.29, 1.82) is 0 Å². The molecule has 1 aliphatic rings. The number of rotatable bonds is 8. The molecule has 6 heteroatoms. The van der Waals surface area contributed by atoms with Crippen LogP contribution in [0.5, 0.6) is 11.5 Å². The summed E-state index contributed by atoms with van der Waals surface area (Å²) in [5.41, 5.74) is 3.39. The average molecular weight is 415 g/mol. The molecule has 1 aliphatic heterocycles. The molecule has 2 aromatic carbocycles. The van der Waals surface area contributed by atoms with Crippen LogP contribution in [-0.4, -0.2) is 37.6 Å². The van der Waals surface area contributed by atoms with E-state index in [0.29, 0.717) is 24.5 Å². The number of fused-ring (bicyclic) bond motifs is 1. The van der Waals surface area contributed by atoms with Crippen LogP contribution in [0.2, 0.25) is 0 Å². The van der Waals surface area contributed by atoms with Gasteiger partial charge in [-0.05, 0) is 53.8 Å². The Kier molecular flexibility index (Phi) is 7.32. The van der Waals surface area contributed by atoms with Gasteiger partial charge in [-0.15, -0.1) is 0 Å². The topological polar surface area (TPSA) is 50.8 Å². The largest absolute Gasteiger partial charge is 0.493 e. The fraction of sp³-hybridized carbons (Fsp3) is 0.458. The minimum absolute atomic E-state index is 0.0147. The number of hydrogen-bond acceptors (Lipinski definition) is 4. The summed E-state index contributed by atoms with van der Waals surface area (Å²) in [6.45, 7) is 5.47. The summed E-state index contributed by atoms with van der Waals surface area (Å²) in [7, 11) is 3.27. The lowest BCUT2D eigenvalue weighted by molar-refractivity contribution is -0.122. The molecule has 1 heterocycles. The minimum atomic E-state index is -0.238. The minimum Gasteiger partial charge on any atom is -0.493 e. The van der Waals surface area contributed by atoms with Crippen LogP contribution in [0.1, 0.15) is 49.4 Å². The van der Waals surface area contributed by atoms with Crippen molar-refractivity contribution in [2.24, 2.45) is 0 Å². The van der Waals surface area contributed by atoms with Gasteiger partial charge in [0.2, 0.25) is 5.91 Å². The van der Waals surface area contributed by atoms with Crippen molar-refractivity contribution in [2.75, 3.05) is 20.8 Å². The summed E-state index contributed by atoms with van der Waals surface area (Å²) in [6.07, 6.45) is 2.11. The Morgan fingerprint density at radius 3 is 2.43 bits per heavy atom. The van der Waals surface area contributed by atoms with Crippen LogP contribution >= 0.6 is 0 Å². The van der Waals surface area contributed by atoms with Crippen molar-refractivity contribution in [3.8, 4) is 11.5 Å². The number of benzene rings is 2. The van der Waals surface area contributed by atoms with Gasteiger partial charge in [0.25, 0.3) is 0 Å². The molecule has 1 amide bonds. The van der Waals surface area contributed by atoms with Crippen molar-refractivity contribution >= 4 is 5.91 Å². The number of halogens is 1. The Morgan fingerprint density at radius 2 is 1.83 bits per heavy atom. The molecule has 0 bridgehead atoms. The van der Waals surface area contributed by atoms with Gasteiger partial charge in [-0.3, -0.25) is 9.69 Å². The first-order valence-electron chi connectivity index (χ1n) is 10.5. The molecule has 0 aliphatic carbocycles. The van der Waals surface area contributed by atoms with Crippen LogP contribution < -0.4 is 14.8 Å². The van der Waals surface area contributed by atoms with Crippen LogP contribution in [0.4, 0.5) is 4.39 Å². The number of methoxy groups -OCH3 is 2. The van der Waals surface area contributed by atoms with E-state index in [1.807, 2.05) is 31.2 Å². The molecule has 3 rings (SSSR count). The lowest BCUT2D eigenvalue weighted by atomic mass is 9.86. The second-order valence-corrected chi connectivity index (χ2v) is 7.63. The first-order valence-corrected chi connectivity index (χ1v) is 10.5. The number of nitrogens with zero attached hydrogens (tertiary/aromatic N) is 1. The van der Waals surface area contributed by atoms with E-state index in [2.05, 4.69) is 17.1 Å². The highest BCUT2D eigenvalue weighted by Gasteiger charge is 2.34. The van der Waals surface area contributed by atoms with E-state index in [9.17, 15) is 9.18 Å². The molecule has 0 fully saturated rings. The fourth-order valence-electron chi connectivity index (χ4n) is 4.21. The van der Waals surface area contributed by atoms with Gasteiger partial charge < -0.3 is 14.8 Å². The van der Waals surface area contributed by atoms with E-state index in [0.717, 1.165) is 30.5 Å². The predicted molar refractivity (Wildman–Crippen MR) is 115 cm³/mol. The third-order valence-corrected chi connectivity index (χ3v) is 5.81. The maximum Gasteiger partial charge on any atom is 0.219 e. The molecule has 0 aromatic heterocycles. The zero-order valence-corrected chi connectivity index (χ0v) is 18.2. The Morgan fingerprint density at radius 1 is 1.17 bits per heavy atom. The highest BCUT2D eigenvalue weighted by Crippen LogP contribution is 2.40. The number of carbonyl (C=O) groups is 1. The van der Waals surface area contributed by atoms with Gasteiger partial charge in [-0.25, -0.2) is 4.39 Å². The quantitative estimate of drug-likeness (QED) is 0.702. The van der Waals surface area contributed by atoms with Crippen LogP contribution in [0.15, 0.2) is 36.4 Å². The maximum atomic E-state index is 13.4. The average Bonchev–Trinajstić information content (AvgIpc) is 2.77. The lowest BCUT2D eigenvalue weighted by Gasteiger charge is -2.42. The summed E-state index contributed by atoms with van der Waals surface area (Å²) in [6, 6.07) is 10.7. The summed E-state index contributed by atoms with van der Waals surface area (Å²) < 4.78 is 24.4. The number of ether oxygens (including phenoxy) is 2. The Labute approximate surface area is 178 Å². The third-order valence-electron chi connectivity index (χ3n) is 5.81. The summed E-state index contributed by atoms with van der Waals surface area (Å²) in [5, 5.41) is 3.21. The second-order valence-electron chi connectivity index (χ2n) is 7.63. The van der Waals surface area contributed by atoms with Crippen molar-refractivity contribution in [2.45, 2.75) is 51.7 Å². The molecule has 2 aromatic rings. The number of hydrogen-bond donors (Lipinski definition) is 1. The van der Waals surface area contributed by atoms with Crippen molar-refractivity contribution < 1.29 is 18.7 Å². The zero-order valence-electron chi connectivity index (χ0n) is 18.2. The van der Waals surface area contributed by atoms with E-state index < -0.39 is 0 Å². The molecule has 30 heavy (non-hydrogen) atoms. The van der Waals surface area contributed by atoms with E-state index in [4.69, 9.17) is 9.47 Å². The molecule has 0 spiro atoms. The van der Waals surface area contributed by atoms with Crippen LogP contribution in [0, 0.1) is 5.82 Å². The summed E-state index contributed by atoms with van der Waals surface area (Å²) >= 11 is 0. The van der Waals surface area contributed by atoms with Crippen LogP contribution in [0.3, 0.4) is 0 Å². The number of carbonyl (C=O) groups excluding carboxylic acids is 1. The normalized spacial score (nSPS) is 17.2. The molecule has 0 radical (unpaired) electrons. The van der Waals surface area contributed by atoms with Crippen molar-refractivity contribution in [3.05, 3.63) is 58.9 Å². The van der Waals surface area contributed by atoms with Crippen LogP contribution in [-0.2, 0) is 17.8 Å². The van der Waals surface area contributed by atoms with Crippen molar-refractivity contribution in [1.82, 2.24) is 10.2 Å². The van der Waals surface area contributed by atoms with E-state index in [1.54, 1.807) is 14.2 Å². The first kappa shape index (κ1) is 22.1. The molecule has 5 nitrogen and oxygen atoms in total. The molecule has 0 saturated carbocycles. The zero-order chi connectivity index (χ0) is 21.7. The Bertz CT molecular complexity index is 869. The molecule has 0 saturated heterocycles. The molecule has 2 atom stereocenters. The second kappa shape index (κ2) is 9.94. The molecule has 162 valence electrons. The smallest absolute Gasteiger partial charge is 0.219 e. The lowest BCUT2D eigenvalue weighted by Crippen LogP contribution is -2.48. The van der Waals surface area contributed by atoms with Gasteiger partial charge >= 0.3 is 0 Å². The predicted octanol–water partition coefficient (Wildman–Crippen LogP) is 4.25. The fourth-order valence-corrected chi connectivity index (χ4v) is 4.21. The SMILES string of the molecule is CCC(=O)NC(CC)C1c2cc(OC)c(OC)cc2CCN1Cc1ccc(F)cc1. The Hall–Kier alpha value is -2.60. The van der Waals surface area contributed by atoms with Gasteiger partial charge in [0, 0.05) is 25.6 Å². The van der Waals surface area contributed by atoms with Gasteiger partial charge in [0.15, 0.2) is 11.5 Å². The van der Waals surface area contributed by atoms with Gasteiger partial charge in [0.1, 0.15) is 5.82 Å². The summed E-state index contributed by atoms with van der Waals surface area (Å²) in [5.74, 6) is 1.20. The maximum absolute atomic E-state index is 13.4. The van der Waals surface area contributed by atoms with Gasteiger partial charge in [-0.2, -0.15) is 0 Å². The molecular formula is C24H31FN2O3. The van der Waals surface area contributed by atoms with Crippen molar-refractivity contribution in [3.63, 3.8) is 0 Å². The number of nitrogens with one attached hydrogen (secondary N) is 1. The van der Waals surface area contributed by atoms with Gasteiger partial charge in [0.05, 0.1) is 20.3 Å². The summed E-state index contributed by atoms with van der Waals surface area (Å²) in [4.78, 5) is 14.6. The molecule has 1 N–H and O–H groups in total. The molecule has 2 unspecified atom stereocenters. The third kappa shape index (κ3) is 4.75. The van der Waals surface area contributed by atoms with E-state index >= 15 is 0 Å². The molecular weight excluding hydrogens is 383 g/mol. The number of amides is 1. The monoisotopic (exact) mass is 414 g/mol. The van der Waals surface area contributed by atoms with Crippen LogP contribution in [0.25, 0.3) is 0 Å². The Balaban J connectivity index is 2.02. The van der Waals surface area contributed by atoms with E-state index in [-0.39, 0.29) is 23.8 Å². The highest BCUT2D eigenvalue weighted by atomic mass is 19.1. The first-order chi connectivity index (χ1) is 14.5.